The molecule has 0 spiro atoms. The summed E-state index contributed by atoms with van der Waals surface area (Å²) in [7, 11) is 0. The van der Waals surface area contributed by atoms with Crippen LogP contribution in [0.5, 0.6) is 23.1 Å². The normalized spacial score (nSPS) is 16.1. The Bertz CT molecular complexity index is 1350. The lowest BCUT2D eigenvalue weighted by molar-refractivity contribution is 0.0520. The van der Waals surface area contributed by atoms with E-state index in [0.29, 0.717) is 31.3 Å². The molecule has 4 heterocycles. The first kappa shape index (κ1) is 19.5. The number of hydrogen-bond acceptors (Lipinski definition) is 7. The monoisotopic (exact) mass is 447 g/mol. The van der Waals surface area contributed by atoms with Crippen molar-refractivity contribution < 1.29 is 18.9 Å². The maximum Gasteiger partial charge on any atom is 0.351 e. The zero-order valence-electron chi connectivity index (χ0n) is 17.6. The highest BCUT2D eigenvalue weighted by Gasteiger charge is 2.23. The van der Waals surface area contributed by atoms with E-state index < -0.39 is 0 Å². The molecule has 6 rings (SSSR count). The fourth-order valence-electron chi connectivity index (χ4n) is 4.03. The molecule has 10 heteroatoms. The van der Waals surface area contributed by atoms with Gasteiger partial charge >= 0.3 is 5.69 Å². The molecule has 10 nitrogen and oxygen atoms in total. The van der Waals surface area contributed by atoms with E-state index in [1.54, 1.807) is 10.6 Å². The molecule has 2 aliphatic rings. The number of para-hydroxylation sites is 2. The summed E-state index contributed by atoms with van der Waals surface area (Å²) >= 11 is 0. The van der Waals surface area contributed by atoms with Crippen LogP contribution in [0.2, 0.25) is 0 Å². The van der Waals surface area contributed by atoms with Crippen molar-refractivity contribution >= 4 is 0 Å². The van der Waals surface area contributed by atoms with E-state index in [9.17, 15) is 4.79 Å². The van der Waals surface area contributed by atoms with Crippen LogP contribution >= 0.6 is 0 Å². The predicted molar refractivity (Wildman–Crippen MR) is 117 cm³/mol. The summed E-state index contributed by atoms with van der Waals surface area (Å²) in [4.78, 5) is 16.8. The summed E-state index contributed by atoms with van der Waals surface area (Å²) in [6.07, 6.45) is 0.423. The largest absolute Gasteiger partial charge is 0.486 e. The highest BCUT2D eigenvalue weighted by Crippen LogP contribution is 2.33. The van der Waals surface area contributed by atoms with Gasteiger partial charge in [-0.2, -0.15) is 4.98 Å². The van der Waals surface area contributed by atoms with Crippen LogP contribution in [0.3, 0.4) is 0 Å². The lowest BCUT2D eigenvalue weighted by Crippen LogP contribution is -2.35. The minimum atomic E-state index is -0.332. The number of aryl methyl sites for hydroxylation is 1. The van der Waals surface area contributed by atoms with Crippen LogP contribution in [0.25, 0.3) is 11.3 Å². The average molecular weight is 447 g/mol. The van der Waals surface area contributed by atoms with Gasteiger partial charge in [-0.1, -0.05) is 12.1 Å². The third-order valence-corrected chi connectivity index (χ3v) is 5.70. The van der Waals surface area contributed by atoms with Gasteiger partial charge in [-0.05, 0) is 42.3 Å². The van der Waals surface area contributed by atoms with Crippen molar-refractivity contribution in [3.8, 4) is 34.4 Å². The minimum absolute atomic E-state index is 0.219. The summed E-state index contributed by atoms with van der Waals surface area (Å²) in [6, 6.07) is 15.2. The molecule has 168 valence electrons. The summed E-state index contributed by atoms with van der Waals surface area (Å²) in [5.41, 5.74) is 2.51. The van der Waals surface area contributed by atoms with Crippen molar-refractivity contribution in [1.82, 2.24) is 25.0 Å². The minimum Gasteiger partial charge on any atom is -0.486 e. The van der Waals surface area contributed by atoms with Gasteiger partial charge in [0.2, 0.25) is 5.88 Å². The van der Waals surface area contributed by atoms with Gasteiger partial charge in [0.1, 0.15) is 25.6 Å². The third-order valence-electron chi connectivity index (χ3n) is 5.70. The van der Waals surface area contributed by atoms with Crippen LogP contribution in [0.1, 0.15) is 11.4 Å². The van der Waals surface area contributed by atoms with Crippen LogP contribution in [-0.2, 0) is 19.6 Å². The molecule has 0 saturated heterocycles. The Hall–Kier alpha value is -4.21. The number of aromatic nitrogens is 5. The van der Waals surface area contributed by atoms with Crippen molar-refractivity contribution in [2.45, 2.75) is 25.7 Å². The van der Waals surface area contributed by atoms with Gasteiger partial charge in [0.15, 0.2) is 23.4 Å². The van der Waals surface area contributed by atoms with Gasteiger partial charge in [-0.3, -0.25) is 9.67 Å². The zero-order valence-corrected chi connectivity index (χ0v) is 17.6. The first-order valence-corrected chi connectivity index (χ1v) is 10.7. The summed E-state index contributed by atoms with van der Waals surface area (Å²) < 4.78 is 24.9. The molecule has 0 fully saturated rings. The van der Waals surface area contributed by atoms with E-state index >= 15 is 0 Å². The Morgan fingerprint density at radius 2 is 2.00 bits per heavy atom. The number of aromatic amines is 2. The lowest BCUT2D eigenvalue weighted by atomic mass is 9.97. The Kier molecular flexibility index (Phi) is 4.75. The maximum absolute atomic E-state index is 12.7. The maximum atomic E-state index is 12.7. The van der Waals surface area contributed by atoms with Crippen molar-refractivity contribution in [2.24, 2.45) is 0 Å². The standard InChI is InChI=1S/C23H21N5O5/c29-23-24-22(32-12-16-11-31-19-3-1-2-4-20(19)33-16)10-18-17-6-5-15(30-13-21-25-27-26-21)9-14(17)7-8-28(18)23/h1-6,9-10,16,27H,7-8,11-13H2,(H,25,26). The fraction of sp³-hybridized carbons (Fsp3) is 0.261. The Balaban J connectivity index is 1.19. The molecule has 4 aromatic rings. The Morgan fingerprint density at radius 3 is 2.85 bits per heavy atom. The molecule has 2 aromatic carbocycles. The van der Waals surface area contributed by atoms with E-state index in [1.807, 2.05) is 42.5 Å². The molecule has 33 heavy (non-hydrogen) atoms. The van der Waals surface area contributed by atoms with E-state index in [-0.39, 0.29) is 24.3 Å². The Morgan fingerprint density at radius 1 is 1.12 bits per heavy atom. The highest BCUT2D eigenvalue weighted by atomic mass is 16.6. The number of rotatable bonds is 6. The molecule has 0 saturated carbocycles. The molecule has 0 aliphatic carbocycles. The average Bonchev–Trinajstić information content (AvgIpc) is 2.81. The molecular weight excluding hydrogens is 426 g/mol. The van der Waals surface area contributed by atoms with E-state index in [1.165, 1.54) is 0 Å². The number of H-pyrrole nitrogens is 2. The van der Waals surface area contributed by atoms with Crippen molar-refractivity contribution in [1.29, 1.82) is 0 Å². The van der Waals surface area contributed by atoms with E-state index in [4.69, 9.17) is 18.9 Å². The smallest absolute Gasteiger partial charge is 0.351 e. The number of benzene rings is 2. The SMILES string of the molecule is O=c1nc(OCC2COc3ccccc3O2)cc2n1CCc1cc(OCc3n[nH][nH]3)ccc1-2. The van der Waals surface area contributed by atoms with Crippen LogP contribution < -0.4 is 24.6 Å². The summed E-state index contributed by atoms with van der Waals surface area (Å²) in [5.74, 6) is 3.16. The second kappa shape index (κ2) is 8.05. The molecule has 1 atom stereocenters. The third kappa shape index (κ3) is 3.79. The van der Waals surface area contributed by atoms with Gasteiger partial charge in [0, 0.05) is 18.2 Å². The zero-order chi connectivity index (χ0) is 22.2. The molecule has 0 radical (unpaired) electrons. The highest BCUT2D eigenvalue weighted by molar-refractivity contribution is 5.67. The van der Waals surface area contributed by atoms with Crippen molar-refractivity contribution in [3.63, 3.8) is 0 Å². The topological polar surface area (TPSA) is 116 Å². The number of fused-ring (bicyclic) bond motifs is 4. The Labute approximate surface area is 188 Å². The molecule has 1 unspecified atom stereocenters. The van der Waals surface area contributed by atoms with Crippen LogP contribution in [0.4, 0.5) is 0 Å². The van der Waals surface area contributed by atoms with Gasteiger partial charge in [-0.25, -0.2) is 10.0 Å². The number of nitrogens with one attached hydrogen (secondary N) is 2. The second-order valence-electron chi connectivity index (χ2n) is 7.88. The molecule has 2 N–H and O–H groups in total. The van der Waals surface area contributed by atoms with Crippen molar-refractivity contribution in [3.05, 3.63) is 70.4 Å². The quantitative estimate of drug-likeness (QED) is 0.466. The van der Waals surface area contributed by atoms with Gasteiger partial charge < -0.3 is 18.9 Å². The molecular formula is C23H21N5O5. The first-order valence-electron chi connectivity index (χ1n) is 10.7. The van der Waals surface area contributed by atoms with Gasteiger partial charge in [-0.15, -0.1) is 5.10 Å². The van der Waals surface area contributed by atoms with E-state index in [0.717, 1.165) is 34.8 Å². The number of ether oxygens (including phenoxy) is 4. The summed E-state index contributed by atoms with van der Waals surface area (Å²) in [5, 5.41) is 9.38. The molecule has 2 aromatic heterocycles. The first-order chi connectivity index (χ1) is 16.2. The van der Waals surface area contributed by atoms with Crippen molar-refractivity contribution in [2.75, 3.05) is 13.2 Å². The second-order valence-corrected chi connectivity index (χ2v) is 7.88. The van der Waals surface area contributed by atoms with E-state index in [2.05, 4.69) is 20.4 Å². The molecule has 0 amide bonds. The molecule has 2 aliphatic heterocycles. The van der Waals surface area contributed by atoms with Gasteiger partial charge in [0.05, 0.1) is 5.69 Å². The lowest BCUT2D eigenvalue weighted by Gasteiger charge is -2.26. The van der Waals surface area contributed by atoms with Crippen LogP contribution in [0, 0.1) is 0 Å². The summed E-state index contributed by atoms with van der Waals surface area (Å²) in [6.45, 7) is 1.49. The number of hydrogen-bond donors (Lipinski definition) is 2. The molecule has 0 bridgehead atoms. The number of nitrogens with zero attached hydrogens (tertiary/aromatic N) is 3. The van der Waals surface area contributed by atoms with Crippen LogP contribution in [-0.4, -0.2) is 44.3 Å². The van der Waals surface area contributed by atoms with Gasteiger partial charge in [0.25, 0.3) is 0 Å². The van der Waals surface area contributed by atoms with Crippen LogP contribution in [0.15, 0.2) is 53.3 Å². The fourth-order valence-corrected chi connectivity index (χ4v) is 4.03. The predicted octanol–water partition coefficient (Wildman–Crippen LogP) is 2.32.